The summed E-state index contributed by atoms with van der Waals surface area (Å²) in [4.78, 5) is 25.9. The number of hydrogen-bond donors (Lipinski definition) is 1. The molecule has 1 amide bonds. The Morgan fingerprint density at radius 1 is 1.23 bits per heavy atom. The van der Waals surface area contributed by atoms with E-state index in [-0.39, 0.29) is 18.3 Å². The first-order valence-electron chi connectivity index (χ1n) is 10.5. The van der Waals surface area contributed by atoms with Gasteiger partial charge in [-0.1, -0.05) is 0 Å². The van der Waals surface area contributed by atoms with Crippen molar-refractivity contribution < 1.29 is 9.53 Å². The quantitative estimate of drug-likeness (QED) is 0.765. The Balaban J connectivity index is 0.00000256. The number of amides is 1. The molecular weight excluding hydrogens is 406 g/mol. The highest BCUT2D eigenvalue weighted by molar-refractivity contribution is 5.92. The molecule has 0 spiro atoms. The average molecular weight is 436 g/mol. The molecule has 2 aromatic heterocycles. The van der Waals surface area contributed by atoms with Crippen LogP contribution in [-0.4, -0.2) is 76.4 Å². The number of nitrogens with zero attached hydrogens (tertiary/aromatic N) is 6. The van der Waals surface area contributed by atoms with Gasteiger partial charge < -0.3 is 19.9 Å². The fourth-order valence-electron chi connectivity index (χ4n) is 3.91. The van der Waals surface area contributed by atoms with Crippen molar-refractivity contribution in [1.82, 2.24) is 30.0 Å². The second-order valence-corrected chi connectivity index (χ2v) is 7.44. The monoisotopic (exact) mass is 435 g/mol. The van der Waals surface area contributed by atoms with Gasteiger partial charge in [0, 0.05) is 51.2 Å². The largest absolute Gasteiger partial charge is 0.478 e. The Kier molecular flexibility index (Phi) is 7.87. The van der Waals surface area contributed by atoms with Crippen LogP contribution in [0.3, 0.4) is 0 Å². The maximum Gasteiger partial charge on any atom is 0.274 e. The number of hydrogen-bond acceptors (Lipinski definition) is 7. The minimum Gasteiger partial charge on any atom is -0.478 e. The average Bonchev–Trinajstić information content (AvgIpc) is 3.12. The minimum absolute atomic E-state index is 0. The van der Waals surface area contributed by atoms with Gasteiger partial charge in [-0.3, -0.25) is 9.48 Å². The third-order valence-corrected chi connectivity index (χ3v) is 5.45. The topological polar surface area (TPSA) is 88.4 Å². The molecule has 2 aliphatic rings. The zero-order valence-corrected chi connectivity index (χ0v) is 18.2. The van der Waals surface area contributed by atoms with E-state index >= 15 is 0 Å². The van der Waals surface area contributed by atoms with Crippen LogP contribution < -0.4 is 15.0 Å². The van der Waals surface area contributed by atoms with Crippen LogP contribution in [0.5, 0.6) is 5.88 Å². The first-order valence-corrected chi connectivity index (χ1v) is 10.5. The van der Waals surface area contributed by atoms with Crippen molar-refractivity contribution in [3.05, 3.63) is 30.2 Å². The summed E-state index contributed by atoms with van der Waals surface area (Å²) in [5, 5.41) is 7.97. The summed E-state index contributed by atoms with van der Waals surface area (Å²) >= 11 is 0. The van der Waals surface area contributed by atoms with Crippen molar-refractivity contribution >= 4 is 24.3 Å². The summed E-state index contributed by atoms with van der Waals surface area (Å²) in [5.74, 6) is 1.23. The van der Waals surface area contributed by atoms with Gasteiger partial charge in [0.2, 0.25) is 11.8 Å². The summed E-state index contributed by atoms with van der Waals surface area (Å²) < 4.78 is 7.42. The van der Waals surface area contributed by atoms with Crippen LogP contribution in [0.2, 0.25) is 0 Å². The predicted octanol–water partition coefficient (Wildman–Crippen LogP) is 1.77. The number of rotatable bonds is 5. The highest BCUT2D eigenvalue weighted by Crippen LogP contribution is 2.18. The number of aromatic nitrogens is 4. The molecule has 2 saturated heterocycles. The van der Waals surface area contributed by atoms with Gasteiger partial charge in [0.25, 0.3) is 5.91 Å². The van der Waals surface area contributed by atoms with Crippen molar-refractivity contribution in [3.63, 3.8) is 0 Å². The van der Waals surface area contributed by atoms with Crippen LogP contribution in [0, 0.1) is 0 Å². The van der Waals surface area contributed by atoms with E-state index in [2.05, 4.69) is 25.3 Å². The third kappa shape index (κ3) is 5.20. The van der Waals surface area contributed by atoms with Crippen LogP contribution in [0.4, 0.5) is 5.95 Å². The number of piperidine rings is 1. The molecule has 0 saturated carbocycles. The van der Waals surface area contributed by atoms with Crippen molar-refractivity contribution in [1.29, 1.82) is 0 Å². The lowest BCUT2D eigenvalue weighted by Gasteiger charge is -2.23. The number of carbonyl (C=O) groups excluding carboxylic acids is 1. The molecular formula is C20H30ClN7O2. The molecule has 0 bridgehead atoms. The van der Waals surface area contributed by atoms with Gasteiger partial charge in [0.05, 0.1) is 12.6 Å². The zero-order chi connectivity index (χ0) is 20.1. The van der Waals surface area contributed by atoms with Crippen molar-refractivity contribution in [2.24, 2.45) is 0 Å². The smallest absolute Gasteiger partial charge is 0.274 e. The second kappa shape index (κ2) is 10.6. The standard InChI is InChI=1S/C20H29N7O2.ClH/c1-2-29-18-6-9-22-20(23-18)26-11-4-10-25(13-14-26)19(28)17-7-12-27(24-17)16-5-3-8-21-15-16;/h6-7,9,12,16,21H,2-5,8,10-11,13-15H2,1H3;1H. The van der Waals surface area contributed by atoms with Gasteiger partial charge in [0.15, 0.2) is 0 Å². The summed E-state index contributed by atoms with van der Waals surface area (Å²) in [6.07, 6.45) is 6.75. The molecule has 0 aromatic carbocycles. The highest BCUT2D eigenvalue weighted by atomic mass is 35.5. The molecule has 1 N–H and O–H groups in total. The van der Waals surface area contributed by atoms with E-state index in [4.69, 9.17) is 4.74 Å². The SMILES string of the molecule is CCOc1ccnc(N2CCCN(C(=O)c3ccn(C4CCCNC4)n3)CC2)n1.Cl. The van der Waals surface area contributed by atoms with Gasteiger partial charge in [-0.15, -0.1) is 12.4 Å². The molecule has 0 aliphatic carbocycles. The van der Waals surface area contributed by atoms with E-state index in [1.165, 1.54) is 0 Å². The van der Waals surface area contributed by atoms with E-state index in [0.717, 1.165) is 38.9 Å². The fraction of sp³-hybridized carbons (Fsp3) is 0.600. The highest BCUT2D eigenvalue weighted by Gasteiger charge is 2.24. The van der Waals surface area contributed by atoms with Crippen molar-refractivity contribution in [3.8, 4) is 5.88 Å². The number of ether oxygens (including phenoxy) is 1. The molecule has 4 heterocycles. The Labute approximate surface area is 183 Å². The molecule has 1 unspecified atom stereocenters. The normalized spacial score (nSPS) is 19.7. The molecule has 9 nitrogen and oxygen atoms in total. The van der Waals surface area contributed by atoms with Crippen molar-refractivity contribution in [2.75, 3.05) is 50.8 Å². The molecule has 2 aromatic rings. The van der Waals surface area contributed by atoms with Gasteiger partial charge in [-0.25, -0.2) is 4.98 Å². The number of carbonyl (C=O) groups is 1. The summed E-state index contributed by atoms with van der Waals surface area (Å²) in [6.45, 7) is 7.30. The first-order chi connectivity index (χ1) is 14.2. The number of anilines is 1. The number of nitrogens with one attached hydrogen (secondary N) is 1. The lowest BCUT2D eigenvalue weighted by molar-refractivity contribution is 0.0759. The molecule has 1 atom stereocenters. The minimum atomic E-state index is -0.00152. The van der Waals surface area contributed by atoms with Crippen LogP contribution in [-0.2, 0) is 0 Å². The molecule has 4 rings (SSSR count). The maximum atomic E-state index is 13.0. The van der Waals surface area contributed by atoms with Crippen molar-refractivity contribution in [2.45, 2.75) is 32.2 Å². The van der Waals surface area contributed by atoms with Gasteiger partial charge >= 0.3 is 0 Å². The van der Waals surface area contributed by atoms with E-state index in [9.17, 15) is 4.79 Å². The fourth-order valence-corrected chi connectivity index (χ4v) is 3.91. The molecule has 30 heavy (non-hydrogen) atoms. The van der Waals surface area contributed by atoms with Gasteiger partial charge in [0.1, 0.15) is 5.69 Å². The van der Waals surface area contributed by atoms with Crippen LogP contribution in [0.25, 0.3) is 0 Å². The van der Waals surface area contributed by atoms with Crippen LogP contribution >= 0.6 is 12.4 Å². The lowest BCUT2D eigenvalue weighted by atomic mass is 10.1. The Hall–Kier alpha value is -2.39. The maximum absolute atomic E-state index is 13.0. The van der Waals surface area contributed by atoms with E-state index in [0.29, 0.717) is 49.8 Å². The zero-order valence-electron chi connectivity index (χ0n) is 17.4. The summed E-state index contributed by atoms with van der Waals surface area (Å²) in [7, 11) is 0. The van der Waals surface area contributed by atoms with Gasteiger partial charge in [-0.2, -0.15) is 10.1 Å². The van der Waals surface area contributed by atoms with Gasteiger partial charge in [-0.05, 0) is 38.8 Å². The Bertz CT molecular complexity index is 825. The molecule has 2 fully saturated rings. The lowest BCUT2D eigenvalue weighted by Crippen LogP contribution is -2.36. The number of halogens is 1. The van der Waals surface area contributed by atoms with E-state index in [1.807, 2.05) is 28.8 Å². The van der Waals surface area contributed by atoms with E-state index in [1.54, 1.807) is 12.3 Å². The van der Waals surface area contributed by atoms with Crippen LogP contribution in [0.15, 0.2) is 24.5 Å². The Morgan fingerprint density at radius 2 is 2.13 bits per heavy atom. The molecule has 2 aliphatic heterocycles. The Morgan fingerprint density at radius 3 is 2.93 bits per heavy atom. The van der Waals surface area contributed by atoms with Crippen LogP contribution in [0.1, 0.15) is 42.7 Å². The first kappa shape index (κ1) is 22.3. The predicted molar refractivity (Wildman–Crippen MR) is 117 cm³/mol. The summed E-state index contributed by atoms with van der Waals surface area (Å²) in [6, 6.07) is 3.94. The second-order valence-electron chi connectivity index (χ2n) is 7.44. The third-order valence-electron chi connectivity index (χ3n) is 5.45. The molecule has 10 heteroatoms. The summed E-state index contributed by atoms with van der Waals surface area (Å²) in [5.41, 5.74) is 0.526. The molecule has 164 valence electrons. The van der Waals surface area contributed by atoms with E-state index < -0.39 is 0 Å². The molecule has 0 radical (unpaired) electrons.